The molecule has 0 aliphatic carbocycles. The summed E-state index contributed by atoms with van der Waals surface area (Å²) in [4.78, 5) is 37.5. The van der Waals surface area contributed by atoms with Crippen molar-refractivity contribution < 1.29 is 18.8 Å². The van der Waals surface area contributed by atoms with Crippen LogP contribution in [0, 0.1) is 5.82 Å². The van der Waals surface area contributed by atoms with Crippen molar-refractivity contribution in [3.63, 3.8) is 0 Å². The fourth-order valence-corrected chi connectivity index (χ4v) is 3.82. The van der Waals surface area contributed by atoms with Gasteiger partial charge in [0.2, 0.25) is 17.7 Å². The van der Waals surface area contributed by atoms with E-state index in [-0.39, 0.29) is 6.42 Å². The van der Waals surface area contributed by atoms with Gasteiger partial charge in [0.1, 0.15) is 17.9 Å². The zero-order chi connectivity index (χ0) is 23.8. The number of amides is 3. The second-order valence-corrected chi connectivity index (χ2v) is 7.77. The van der Waals surface area contributed by atoms with E-state index < -0.39 is 41.5 Å². The smallest absolute Gasteiger partial charge is 0.243 e. The van der Waals surface area contributed by atoms with Crippen LogP contribution in [0.15, 0.2) is 84.9 Å². The molecule has 0 aliphatic rings. The van der Waals surface area contributed by atoms with E-state index in [4.69, 9.17) is 5.73 Å². The zero-order valence-corrected chi connectivity index (χ0v) is 18.2. The fourth-order valence-electron chi connectivity index (χ4n) is 3.82. The molecule has 0 saturated carbocycles. The van der Waals surface area contributed by atoms with E-state index in [1.54, 1.807) is 6.07 Å². The summed E-state index contributed by atoms with van der Waals surface area (Å²) < 4.78 is 13.6. The van der Waals surface area contributed by atoms with Crippen LogP contribution in [0.4, 0.5) is 4.39 Å². The van der Waals surface area contributed by atoms with Crippen molar-refractivity contribution in [2.75, 3.05) is 0 Å². The lowest BCUT2D eigenvalue weighted by Gasteiger charge is -2.28. The van der Waals surface area contributed by atoms with Crippen molar-refractivity contribution in [1.82, 2.24) is 10.6 Å². The van der Waals surface area contributed by atoms with Gasteiger partial charge >= 0.3 is 0 Å². The monoisotopic (exact) mass is 447 g/mol. The van der Waals surface area contributed by atoms with Crippen molar-refractivity contribution >= 4 is 17.7 Å². The maximum atomic E-state index is 13.6. The molecule has 3 rings (SSSR count). The Morgan fingerprint density at radius 2 is 1.42 bits per heavy atom. The Labute approximate surface area is 192 Å². The third-order valence-corrected chi connectivity index (χ3v) is 5.28. The lowest BCUT2D eigenvalue weighted by molar-refractivity contribution is -0.131. The normalized spacial score (nSPS) is 12.6. The Morgan fingerprint density at radius 3 is 1.91 bits per heavy atom. The van der Waals surface area contributed by atoms with Gasteiger partial charge < -0.3 is 16.4 Å². The first-order chi connectivity index (χ1) is 15.8. The first-order valence-corrected chi connectivity index (χ1v) is 10.6. The Hall–Kier alpha value is -4.00. The second kappa shape index (κ2) is 11.0. The predicted molar refractivity (Wildman–Crippen MR) is 124 cm³/mol. The average Bonchev–Trinajstić information content (AvgIpc) is 2.79. The standard InChI is InChI=1S/C26H26FN3O3/c1-17(31)29-22(16-18-9-8-14-21(27)15-18)26(33)30-24(25(28)32)23(19-10-4-2-5-11-19)20-12-6-3-7-13-20/h2-15,22-24H,16H2,1H3,(H2,28,32)(H,29,31)(H,30,33)/t22-,24-/m0/s1. The minimum absolute atomic E-state index is 0.0516. The van der Waals surface area contributed by atoms with Gasteiger partial charge in [0.25, 0.3) is 0 Å². The number of nitrogens with two attached hydrogens (primary N) is 1. The van der Waals surface area contributed by atoms with Crippen LogP contribution in [0.1, 0.15) is 29.5 Å². The molecule has 0 bridgehead atoms. The molecular formula is C26H26FN3O3. The molecule has 170 valence electrons. The van der Waals surface area contributed by atoms with Gasteiger partial charge in [-0.2, -0.15) is 0 Å². The summed E-state index contributed by atoms with van der Waals surface area (Å²) >= 11 is 0. The first kappa shape index (κ1) is 23.7. The highest BCUT2D eigenvalue weighted by atomic mass is 19.1. The fraction of sp³-hybridized carbons (Fsp3) is 0.192. The van der Waals surface area contributed by atoms with Crippen LogP contribution in [0.3, 0.4) is 0 Å². The molecule has 0 spiro atoms. The van der Waals surface area contributed by atoms with Crippen LogP contribution in [0.2, 0.25) is 0 Å². The van der Waals surface area contributed by atoms with E-state index in [9.17, 15) is 18.8 Å². The Morgan fingerprint density at radius 1 is 0.848 bits per heavy atom. The van der Waals surface area contributed by atoms with E-state index >= 15 is 0 Å². The molecule has 33 heavy (non-hydrogen) atoms. The third-order valence-electron chi connectivity index (χ3n) is 5.28. The number of carbonyl (C=O) groups is 3. The maximum Gasteiger partial charge on any atom is 0.243 e. The van der Waals surface area contributed by atoms with E-state index in [1.807, 2.05) is 60.7 Å². The van der Waals surface area contributed by atoms with Crippen molar-refractivity contribution in [2.24, 2.45) is 5.73 Å². The van der Waals surface area contributed by atoms with Gasteiger partial charge in [-0.05, 0) is 28.8 Å². The third kappa shape index (κ3) is 6.49. The van der Waals surface area contributed by atoms with Crippen LogP contribution < -0.4 is 16.4 Å². The lowest BCUT2D eigenvalue weighted by atomic mass is 9.84. The number of hydrogen-bond acceptors (Lipinski definition) is 3. The summed E-state index contributed by atoms with van der Waals surface area (Å²) in [5.41, 5.74) is 7.87. The van der Waals surface area contributed by atoms with Gasteiger partial charge in [0.15, 0.2) is 0 Å². The summed E-state index contributed by atoms with van der Waals surface area (Å²) in [5.74, 6) is -2.72. The second-order valence-electron chi connectivity index (χ2n) is 7.77. The number of carbonyl (C=O) groups excluding carboxylic acids is 3. The first-order valence-electron chi connectivity index (χ1n) is 10.6. The van der Waals surface area contributed by atoms with Gasteiger partial charge in [-0.3, -0.25) is 14.4 Å². The maximum absolute atomic E-state index is 13.6. The molecule has 0 aliphatic heterocycles. The van der Waals surface area contributed by atoms with Crippen LogP contribution in [0.25, 0.3) is 0 Å². The molecule has 0 saturated heterocycles. The topological polar surface area (TPSA) is 101 Å². The molecule has 0 heterocycles. The van der Waals surface area contributed by atoms with E-state index in [0.717, 1.165) is 11.1 Å². The molecule has 6 nitrogen and oxygen atoms in total. The van der Waals surface area contributed by atoms with Gasteiger partial charge in [-0.1, -0.05) is 72.8 Å². The van der Waals surface area contributed by atoms with Crippen molar-refractivity contribution in [3.05, 3.63) is 107 Å². The zero-order valence-electron chi connectivity index (χ0n) is 18.2. The average molecular weight is 448 g/mol. The number of primary amides is 1. The summed E-state index contributed by atoms with van der Waals surface area (Å²) in [7, 11) is 0. The number of hydrogen-bond donors (Lipinski definition) is 3. The van der Waals surface area contributed by atoms with E-state index in [2.05, 4.69) is 10.6 Å². The molecule has 3 amide bonds. The molecule has 3 aromatic rings. The number of rotatable bonds is 9. The largest absolute Gasteiger partial charge is 0.368 e. The van der Waals surface area contributed by atoms with Crippen molar-refractivity contribution in [1.29, 1.82) is 0 Å². The summed E-state index contributed by atoms with van der Waals surface area (Å²) in [6.07, 6.45) is 0.0516. The van der Waals surface area contributed by atoms with Crippen molar-refractivity contribution in [2.45, 2.75) is 31.3 Å². The van der Waals surface area contributed by atoms with Gasteiger partial charge in [-0.25, -0.2) is 4.39 Å². The molecule has 7 heteroatoms. The van der Waals surface area contributed by atoms with E-state index in [0.29, 0.717) is 5.56 Å². The van der Waals surface area contributed by atoms with Crippen molar-refractivity contribution in [3.8, 4) is 0 Å². The summed E-state index contributed by atoms with van der Waals surface area (Å²) in [6.45, 7) is 1.29. The molecule has 0 unspecified atom stereocenters. The Balaban J connectivity index is 1.92. The molecule has 3 aromatic carbocycles. The minimum atomic E-state index is -1.08. The molecule has 0 fully saturated rings. The lowest BCUT2D eigenvalue weighted by Crippen LogP contribution is -2.55. The molecule has 0 radical (unpaired) electrons. The van der Waals surface area contributed by atoms with Gasteiger partial charge in [-0.15, -0.1) is 0 Å². The quantitative estimate of drug-likeness (QED) is 0.470. The summed E-state index contributed by atoms with van der Waals surface area (Å²) in [5, 5.41) is 5.32. The highest BCUT2D eigenvalue weighted by molar-refractivity contribution is 5.92. The highest BCUT2D eigenvalue weighted by Crippen LogP contribution is 2.28. The van der Waals surface area contributed by atoms with Crippen LogP contribution in [0.5, 0.6) is 0 Å². The minimum Gasteiger partial charge on any atom is -0.368 e. The van der Waals surface area contributed by atoms with Gasteiger partial charge in [0.05, 0.1) is 0 Å². The molecular weight excluding hydrogens is 421 g/mol. The van der Waals surface area contributed by atoms with Crippen LogP contribution >= 0.6 is 0 Å². The van der Waals surface area contributed by atoms with Crippen LogP contribution in [-0.4, -0.2) is 29.8 Å². The Kier molecular flexibility index (Phi) is 7.91. The van der Waals surface area contributed by atoms with E-state index in [1.165, 1.54) is 25.1 Å². The number of nitrogens with one attached hydrogen (secondary N) is 2. The number of benzene rings is 3. The Bertz CT molecular complexity index is 1070. The predicted octanol–water partition coefficient (Wildman–Crippen LogP) is 2.68. The number of halogens is 1. The SMILES string of the molecule is CC(=O)N[C@@H](Cc1cccc(F)c1)C(=O)N[C@H](C(N)=O)C(c1ccccc1)c1ccccc1. The molecule has 2 atom stereocenters. The van der Waals surface area contributed by atoms with Gasteiger partial charge in [0, 0.05) is 19.3 Å². The van der Waals surface area contributed by atoms with Crippen LogP contribution in [-0.2, 0) is 20.8 Å². The highest BCUT2D eigenvalue weighted by Gasteiger charge is 2.33. The molecule has 4 N–H and O–H groups in total. The molecule has 0 aromatic heterocycles. The summed E-state index contributed by atoms with van der Waals surface area (Å²) in [6, 6.07) is 22.2.